The Kier molecular flexibility index (Phi) is 4.18. The van der Waals surface area contributed by atoms with Gasteiger partial charge in [-0.3, -0.25) is 4.72 Å². The monoisotopic (exact) mass is 308 g/mol. The first-order chi connectivity index (χ1) is 9.83. The lowest BCUT2D eigenvalue weighted by atomic mass is 10.1. The third-order valence-electron chi connectivity index (χ3n) is 3.18. The number of anilines is 2. The second-order valence-corrected chi connectivity index (χ2v) is 6.49. The number of nitrogens with one attached hydrogen (secondary N) is 1. The van der Waals surface area contributed by atoms with Crippen LogP contribution in [0.3, 0.4) is 0 Å². The van der Waals surface area contributed by atoms with Crippen LogP contribution in [0, 0.1) is 12.7 Å². The molecule has 0 aliphatic heterocycles. The summed E-state index contributed by atoms with van der Waals surface area (Å²) >= 11 is 0. The maximum absolute atomic E-state index is 13.7. The summed E-state index contributed by atoms with van der Waals surface area (Å²) in [5.41, 5.74) is 7.71. The van der Waals surface area contributed by atoms with E-state index in [1.165, 1.54) is 24.3 Å². The predicted octanol–water partition coefficient (Wildman–Crippen LogP) is 3.08. The third-order valence-corrected chi connectivity index (χ3v) is 4.54. The van der Waals surface area contributed by atoms with E-state index >= 15 is 0 Å². The van der Waals surface area contributed by atoms with E-state index < -0.39 is 15.8 Å². The molecule has 2 aromatic carbocycles. The minimum atomic E-state index is -3.87. The lowest BCUT2D eigenvalue weighted by Crippen LogP contribution is -2.14. The van der Waals surface area contributed by atoms with Crippen LogP contribution in [-0.2, 0) is 16.4 Å². The van der Waals surface area contributed by atoms with Crippen molar-refractivity contribution in [2.45, 2.75) is 25.2 Å². The molecule has 4 nitrogen and oxygen atoms in total. The topological polar surface area (TPSA) is 72.2 Å². The number of halogens is 1. The van der Waals surface area contributed by atoms with Gasteiger partial charge >= 0.3 is 0 Å². The van der Waals surface area contributed by atoms with Gasteiger partial charge in [0, 0.05) is 5.69 Å². The number of hydrogen-bond donors (Lipinski definition) is 2. The molecule has 0 aliphatic rings. The molecule has 0 saturated heterocycles. The number of aryl methyl sites for hydroxylation is 2. The Morgan fingerprint density at radius 3 is 2.48 bits per heavy atom. The van der Waals surface area contributed by atoms with E-state index in [9.17, 15) is 12.8 Å². The number of nitrogens with two attached hydrogens (primary N) is 1. The molecule has 0 unspecified atom stereocenters. The summed E-state index contributed by atoms with van der Waals surface area (Å²) in [4.78, 5) is 0.0113. The van der Waals surface area contributed by atoms with Gasteiger partial charge in [-0.05, 0) is 48.7 Å². The second-order valence-electron chi connectivity index (χ2n) is 4.80. The molecule has 0 heterocycles. The smallest absolute Gasteiger partial charge is 0.262 e. The highest BCUT2D eigenvalue weighted by Gasteiger charge is 2.17. The van der Waals surface area contributed by atoms with Crippen LogP contribution >= 0.6 is 0 Å². The fourth-order valence-corrected chi connectivity index (χ4v) is 3.07. The summed E-state index contributed by atoms with van der Waals surface area (Å²) in [5.74, 6) is -0.614. The molecule has 112 valence electrons. The fourth-order valence-electron chi connectivity index (χ4n) is 1.97. The van der Waals surface area contributed by atoms with Crippen LogP contribution in [0.2, 0.25) is 0 Å². The summed E-state index contributed by atoms with van der Waals surface area (Å²) in [7, 11) is -3.87. The molecule has 0 bridgehead atoms. The average molecular weight is 308 g/mol. The Bertz CT molecular complexity index is 773. The molecule has 6 heteroatoms. The first kappa shape index (κ1) is 15.3. The van der Waals surface area contributed by atoms with Crippen molar-refractivity contribution in [3.8, 4) is 0 Å². The van der Waals surface area contributed by atoms with Gasteiger partial charge in [0.15, 0.2) is 0 Å². The van der Waals surface area contributed by atoms with Gasteiger partial charge in [0.1, 0.15) is 5.82 Å². The largest absolute Gasteiger partial charge is 0.398 e. The van der Waals surface area contributed by atoms with Crippen LogP contribution in [0.5, 0.6) is 0 Å². The number of hydrogen-bond acceptors (Lipinski definition) is 3. The van der Waals surface area contributed by atoms with Crippen molar-refractivity contribution >= 4 is 21.4 Å². The third kappa shape index (κ3) is 3.33. The lowest BCUT2D eigenvalue weighted by Gasteiger charge is -2.11. The Balaban J connectivity index is 2.36. The Morgan fingerprint density at radius 2 is 1.90 bits per heavy atom. The van der Waals surface area contributed by atoms with Crippen LogP contribution in [0.25, 0.3) is 0 Å². The maximum Gasteiger partial charge on any atom is 0.262 e. The van der Waals surface area contributed by atoms with Crippen LogP contribution in [-0.4, -0.2) is 8.42 Å². The molecular formula is C15H17FN2O2S. The predicted molar refractivity (Wildman–Crippen MR) is 82.2 cm³/mol. The minimum absolute atomic E-state index is 0.0113. The van der Waals surface area contributed by atoms with E-state index in [1.54, 1.807) is 19.1 Å². The zero-order valence-corrected chi connectivity index (χ0v) is 12.7. The SMILES string of the molecule is CCc1ccc(S(=O)(=O)Nc2ccc(C)cc2F)cc1N. The highest BCUT2D eigenvalue weighted by Crippen LogP contribution is 2.23. The van der Waals surface area contributed by atoms with Gasteiger partial charge in [-0.1, -0.05) is 19.1 Å². The van der Waals surface area contributed by atoms with Gasteiger partial charge in [-0.25, -0.2) is 12.8 Å². The van der Waals surface area contributed by atoms with E-state index in [-0.39, 0.29) is 10.6 Å². The van der Waals surface area contributed by atoms with Crippen molar-refractivity contribution in [3.63, 3.8) is 0 Å². The number of sulfonamides is 1. The van der Waals surface area contributed by atoms with Crippen molar-refractivity contribution in [1.82, 2.24) is 0 Å². The normalized spacial score (nSPS) is 11.4. The first-order valence-corrected chi connectivity index (χ1v) is 7.99. The molecule has 2 rings (SSSR count). The summed E-state index contributed by atoms with van der Waals surface area (Å²) in [6.07, 6.45) is 0.714. The van der Waals surface area contributed by atoms with Gasteiger partial charge in [0.05, 0.1) is 10.6 Å². The van der Waals surface area contributed by atoms with Crippen molar-refractivity contribution in [3.05, 3.63) is 53.3 Å². The molecule has 0 radical (unpaired) electrons. The molecule has 0 spiro atoms. The summed E-state index contributed by atoms with van der Waals surface area (Å²) < 4.78 is 40.5. The highest BCUT2D eigenvalue weighted by atomic mass is 32.2. The molecular weight excluding hydrogens is 291 g/mol. The molecule has 21 heavy (non-hydrogen) atoms. The first-order valence-electron chi connectivity index (χ1n) is 6.51. The minimum Gasteiger partial charge on any atom is -0.398 e. The second kappa shape index (κ2) is 5.73. The molecule has 0 amide bonds. The standard InChI is InChI=1S/C15H17FN2O2S/c1-3-11-5-6-12(9-14(11)17)21(19,20)18-15-7-4-10(2)8-13(15)16/h4-9,18H,3,17H2,1-2H3. The molecule has 0 aromatic heterocycles. The average Bonchev–Trinajstić information content (AvgIpc) is 2.42. The fraction of sp³-hybridized carbons (Fsp3) is 0.200. The van der Waals surface area contributed by atoms with Crippen molar-refractivity contribution in [2.75, 3.05) is 10.5 Å². The van der Waals surface area contributed by atoms with E-state index in [4.69, 9.17) is 5.73 Å². The van der Waals surface area contributed by atoms with E-state index in [0.717, 1.165) is 5.56 Å². The number of benzene rings is 2. The molecule has 3 N–H and O–H groups in total. The summed E-state index contributed by atoms with van der Waals surface area (Å²) in [5, 5.41) is 0. The van der Waals surface area contributed by atoms with E-state index in [2.05, 4.69) is 4.72 Å². The van der Waals surface area contributed by atoms with Crippen LogP contribution in [0.4, 0.5) is 15.8 Å². The molecule has 0 atom stereocenters. The summed E-state index contributed by atoms with van der Waals surface area (Å²) in [6, 6.07) is 8.81. The Labute approximate surface area is 123 Å². The van der Waals surface area contributed by atoms with Gasteiger partial charge in [-0.2, -0.15) is 0 Å². The zero-order valence-electron chi connectivity index (χ0n) is 11.9. The van der Waals surface area contributed by atoms with Gasteiger partial charge in [0.2, 0.25) is 0 Å². The number of nitrogen functional groups attached to an aromatic ring is 1. The Hall–Kier alpha value is -2.08. The molecule has 0 saturated carbocycles. The van der Waals surface area contributed by atoms with Gasteiger partial charge in [-0.15, -0.1) is 0 Å². The van der Waals surface area contributed by atoms with Crippen molar-refractivity contribution < 1.29 is 12.8 Å². The van der Waals surface area contributed by atoms with E-state index in [0.29, 0.717) is 17.7 Å². The number of rotatable bonds is 4. The lowest BCUT2D eigenvalue weighted by molar-refractivity contribution is 0.598. The zero-order chi connectivity index (χ0) is 15.6. The van der Waals surface area contributed by atoms with Crippen molar-refractivity contribution in [2.24, 2.45) is 0 Å². The quantitative estimate of drug-likeness (QED) is 0.853. The summed E-state index contributed by atoms with van der Waals surface area (Å²) in [6.45, 7) is 3.66. The molecule has 2 aromatic rings. The van der Waals surface area contributed by atoms with Crippen LogP contribution in [0.1, 0.15) is 18.1 Å². The van der Waals surface area contributed by atoms with E-state index in [1.807, 2.05) is 6.92 Å². The highest BCUT2D eigenvalue weighted by molar-refractivity contribution is 7.92. The van der Waals surface area contributed by atoms with Crippen molar-refractivity contribution in [1.29, 1.82) is 0 Å². The van der Waals surface area contributed by atoms with Gasteiger partial charge in [0.25, 0.3) is 10.0 Å². The van der Waals surface area contributed by atoms with Crippen LogP contribution < -0.4 is 10.5 Å². The molecule has 0 fully saturated rings. The van der Waals surface area contributed by atoms with Crippen LogP contribution in [0.15, 0.2) is 41.3 Å². The Morgan fingerprint density at radius 1 is 1.19 bits per heavy atom. The van der Waals surface area contributed by atoms with Gasteiger partial charge < -0.3 is 5.73 Å². The molecule has 0 aliphatic carbocycles. The maximum atomic E-state index is 13.7.